The molecule has 2 rings (SSSR count). The molecule has 1 aliphatic rings. The maximum absolute atomic E-state index is 15.1. The van der Waals surface area contributed by atoms with Gasteiger partial charge in [0, 0.05) is 5.46 Å². The topological polar surface area (TPSA) is 70.8 Å². The van der Waals surface area contributed by atoms with Gasteiger partial charge in [0.15, 0.2) is 0 Å². The minimum atomic E-state index is -1.46. The fourth-order valence-corrected chi connectivity index (χ4v) is 3.41. The van der Waals surface area contributed by atoms with Crippen LogP contribution in [0.25, 0.3) is 0 Å². The normalized spacial score (nSPS) is 20.6. The molecular formula is C22H35BFNO4. The number of benzene rings is 1. The minimum absolute atomic E-state index is 0.272. The lowest BCUT2D eigenvalue weighted by Gasteiger charge is -2.34. The van der Waals surface area contributed by atoms with Crippen LogP contribution in [0.5, 0.6) is 0 Å². The lowest BCUT2D eigenvalue weighted by atomic mass is 9.73. The molecule has 29 heavy (non-hydrogen) atoms. The van der Waals surface area contributed by atoms with Gasteiger partial charge in [0.05, 0.1) is 17.3 Å². The number of carbonyl (C=O) groups is 1. The monoisotopic (exact) mass is 407 g/mol. The molecule has 0 amide bonds. The van der Waals surface area contributed by atoms with E-state index in [0.717, 1.165) is 0 Å². The SMILES string of the molecule is CC(C)OC(=O)[C@@](N)(CC(C)(C)C)c1ccc(B2OC(C)(C)C(C)(C)O2)c(F)c1. The molecule has 0 spiro atoms. The van der Waals surface area contributed by atoms with Crippen LogP contribution in [0.1, 0.15) is 74.3 Å². The van der Waals surface area contributed by atoms with E-state index in [-0.39, 0.29) is 17.0 Å². The van der Waals surface area contributed by atoms with Crippen LogP contribution < -0.4 is 11.2 Å². The lowest BCUT2D eigenvalue weighted by Crippen LogP contribution is -2.49. The Kier molecular flexibility index (Phi) is 6.31. The minimum Gasteiger partial charge on any atom is -0.461 e. The quantitative estimate of drug-likeness (QED) is 0.596. The number of carbonyl (C=O) groups excluding carboxylic acids is 1. The van der Waals surface area contributed by atoms with E-state index in [1.165, 1.54) is 6.07 Å². The summed E-state index contributed by atoms with van der Waals surface area (Å²) in [6, 6.07) is 4.55. The van der Waals surface area contributed by atoms with Crippen molar-refractivity contribution in [3.63, 3.8) is 0 Å². The summed E-state index contributed by atoms with van der Waals surface area (Å²) in [6.45, 7) is 17.1. The zero-order chi connectivity index (χ0) is 22.4. The van der Waals surface area contributed by atoms with Crippen molar-refractivity contribution in [2.45, 2.75) is 91.6 Å². The number of ether oxygens (including phenoxy) is 1. The van der Waals surface area contributed by atoms with E-state index in [2.05, 4.69) is 0 Å². The average molecular weight is 407 g/mol. The Morgan fingerprint density at radius 1 is 1.17 bits per heavy atom. The van der Waals surface area contributed by atoms with Crippen molar-refractivity contribution in [1.29, 1.82) is 0 Å². The maximum atomic E-state index is 15.1. The van der Waals surface area contributed by atoms with E-state index in [9.17, 15) is 4.79 Å². The Labute approximate surface area is 174 Å². The molecule has 1 aromatic rings. The van der Waals surface area contributed by atoms with Crippen molar-refractivity contribution in [2.75, 3.05) is 0 Å². The Balaban J connectivity index is 2.42. The van der Waals surface area contributed by atoms with Gasteiger partial charge in [-0.25, -0.2) is 9.18 Å². The first-order valence-electron chi connectivity index (χ1n) is 10.1. The number of nitrogens with two attached hydrogens (primary N) is 1. The van der Waals surface area contributed by atoms with Gasteiger partial charge in [-0.1, -0.05) is 32.9 Å². The molecule has 2 N–H and O–H groups in total. The van der Waals surface area contributed by atoms with Crippen molar-refractivity contribution < 1.29 is 23.2 Å². The Morgan fingerprint density at radius 2 is 1.69 bits per heavy atom. The summed E-state index contributed by atoms with van der Waals surface area (Å²) in [6.07, 6.45) is -0.0137. The predicted molar refractivity (Wildman–Crippen MR) is 113 cm³/mol. The molecule has 5 nitrogen and oxygen atoms in total. The van der Waals surface area contributed by atoms with Crippen LogP contribution in [-0.4, -0.2) is 30.4 Å². The van der Waals surface area contributed by atoms with Gasteiger partial charge < -0.3 is 19.8 Å². The first-order chi connectivity index (χ1) is 13.0. The highest BCUT2D eigenvalue weighted by atomic mass is 19.1. The average Bonchev–Trinajstić information content (AvgIpc) is 2.72. The Bertz CT molecular complexity index is 757. The first kappa shape index (κ1) is 23.8. The van der Waals surface area contributed by atoms with Crippen LogP contribution in [0.3, 0.4) is 0 Å². The van der Waals surface area contributed by atoms with Crippen molar-refractivity contribution in [2.24, 2.45) is 11.1 Å². The summed E-state index contributed by atoms with van der Waals surface area (Å²) in [5.41, 5.74) is 4.32. The van der Waals surface area contributed by atoms with Crippen LogP contribution >= 0.6 is 0 Å². The molecule has 0 radical (unpaired) electrons. The van der Waals surface area contributed by atoms with Gasteiger partial charge in [0.1, 0.15) is 11.4 Å². The Hall–Kier alpha value is -1.44. The summed E-state index contributed by atoms with van der Waals surface area (Å²) in [7, 11) is -0.827. The first-order valence-corrected chi connectivity index (χ1v) is 10.1. The van der Waals surface area contributed by atoms with E-state index in [4.69, 9.17) is 19.8 Å². The molecule has 1 aromatic carbocycles. The van der Waals surface area contributed by atoms with Crippen molar-refractivity contribution >= 4 is 18.6 Å². The van der Waals surface area contributed by atoms with Crippen molar-refractivity contribution in [1.82, 2.24) is 0 Å². The highest BCUT2D eigenvalue weighted by molar-refractivity contribution is 6.62. The zero-order valence-corrected chi connectivity index (χ0v) is 19.2. The van der Waals surface area contributed by atoms with Crippen LogP contribution in [0.15, 0.2) is 18.2 Å². The molecule has 7 heteroatoms. The van der Waals surface area contributed by atoms with Gasteiger partial charge in [0.25, 0.3) is 0 Å². The second-order valence-corrected chi connectivity index (χ2v) is 10.5. The summed E-state index contributed by atoms with van der Waals surface area (Å²) >= 11 is 0. The molecule has 162 valence electrons. The largest absolute Gasteiger partial charge is 0.497 e. The fraction of sp³-hybridized carbons (Fsp3) is 0.682. The van der Waals surface area contributed by atoms with E-state index in [1.807, 2.05) is 48.5 Å². The van der Waals surface area contributed by atoms with E-state index < -0.39 is 35.6 Å². The molecule has 1 heterocycles. The molecule has 0 aliphatic carbocycles. The number of hydrogen-bond acceptors (Lipinski definition) is 5. The van der Waals surface area contributed by atoms with Gasteiger partial charge >= 0.3 is 13.1 Å². The number of esters is 1. The molecular weight excluding hydrogens is 372 g/mol. The second-order valence-electron chi connectivity index (χ2n) is 10.5. The Morgan fingerprint density at radius 3 is 2.10 bits per heavy atom. The van der Waals surface area contributed by atoms with Crippen molar-refractivity contribution in [3.05, 3.63) is 29.6 Å². The van der Waals surface area contributed by atoms with E-state index >= 15 is 4.39 Å². The van der Waals surface area contributed by atoms with Gasteiger partial charge in [-0.2, -0.15) is 0 Å². The molecule has 1 fully saturated rings. The van der Waals surface area contributed by atoms with Crippen LogP contribution in [-0.2, 0) is 24.4 Å². The standard InChI is InChI=1S/C22H35BFNO4/c1-14(2)27-18(26)22(25,13-19(3,4)5)15-10-11-16(17(24)12-15)23-28-20(6,7)21(8,9)29-23/h10-12,14H,13,25H2,1-9H3/t22-/m1/s1. The summed E-state index contributed by atoms with van der Waals surface area (Å²) < 4.78 is 32.4. The molecule has 0 aromatic heterocycles. The number of halogens is 1. The highest BCUT2D eigenvalue weighted by Crippen LogP contribution is 2.38. The third kappa shape index (κ3) is 5.01. The summed E-state index contributed by atoms with van der Waals surface area (Å²) in [5.74, 6) is -1.09. The van der Waals surface area contributed by atoms with Crippen LogP contribution in [0.4, 0.5) is 4.39 Å². The zero-order valence-electron chi connectivity index (χ0n) is 19.2. The van der Waals surface area contributed by atoms with Crippen LogP contribution in [0, 0.1) is 11.2 Å². The van der Waals surface area contributed by atoms with E-state index in [1.54, 1.807) is 26.0 Å². The van der Waals surface area contributed by atoms with Gasteiger partial charge in [-0.3, -0.25) is 0 Å². The number of hydrogen-bond donors (Lipinski definition) is 1. The molecule has 1 atom stereocenters. The third-order valence-corrected chi connectivity index (χ3v) is 5.54. The third-order valence-electron chi connectivity index (χ3n) is 5.54. The maximum Gasteiger partial charge on any atom is 0.497 e. The van der Waals surface area contributed by atoms with E-state index in [0.29, 0.717) is 12.0 Å². The molecule has 0 saturated carbocycles. The van der Waals surface area contributed by atoms with Gasteiger partial charge in [-0.05, 0) is 65.0 Å². The summed E-state index contributed by atoms with van der Waals surface area (Å²) in [4.78, 5) is 12.9. The van der Waals surface area contributed by atoms with Crippen LogP contribution in [0.2, 0.25) is 0 Å². The molecule has 1 aliphatic heterocycles. The fourth-order valence-electron chi connectivity index (χ4n) is 3.41. The molecule has 0 bridgehead atoms. The lowest BCUT2D eigenvalue weighted by molar-refractivity contribution is -0.156. The molecule has 0 unspecified atom stereocenters. The highest BCUT2D eigenvalue weighted by Gasteiger charge is 2.52. The van der Waals surface area contributed by atoms with Crippen molar-refractivity contribution in [3.8, 4) is 0 Å². The predicted octanol–water partition coefficient (Wildman–Crippen LogP) is 3.67. The molecule has 1 saturated heterocycles. The number of rotatable bonds is 5. The van der Waals surface area contributed by atoms with Gasteiger partial charge in [-0.15, -0.1) is 0 Å². The smallest absolute Gasteiger partial charge is 0.461 e. The van der Waals surface area contributed by atoms with Gasteiger partial charge in [0.2, 0.25) is 0 Å². The summed E-state index contributed by atoms with van der Waals surface area (Å²) in [5, 5.41) is 0. The second kappa shape index (κ2) is 7.67.